The second kappa shape index (κ2) is 17.5. The molecule has 0 fully saturated rings. The van der Waals surface area contributed by atoms with Crippen LogP contribution in [0.2, 0.25) is 0 Å². The number of carboxylic acid groups (broad SMARTS) is 1. The van der Waals surface area contributed by atoms with E-state index in [-0.39, 0.29) is 6.42 Å². The van der Waals surface area contributed by atoms with E-state index in [9.17, 15) is 4.79 Å². The topological polar surface area (TPSA) is 46.5 Å². The summed E-state index contributed by atoms with van der Waals surface area (Å²) in [6, 6.07) is 0. The molecule has 3 nitrogen and oxygen atoms in total. The minimum absolute atomic E-state index is 0.0626. The normalized spacial score (nSPS) is 10.4. The molecule has 0 rings (SSSR count). The van der Waals surface area contributed by atoms with Crippen molar-refractivity contribution in [2.75, 3.05) is 6.61 Å². The van der Waals surface area contributed by atoms with Crippen LogP contribution in [0, 0.1) is 0 Å². The van der Waals surface area contributed by atoms with Crippen LogP contribution >= 0.6 is 12.2 Å². The lowest BCUT2D eigenvalue weighted by Gasteiger charge is -2.06. The Morgan fingerprint density at radius 1 is 0.870 bits per heavy atom. The molecule has 0 aromatic carbocycles. The average Bonchev–Trinajstić information content (AvgIpc) is 2.53. The van der Waals surface area contributed by atoms with Crippen molar-refractivity contribution in [3.8, 4) is 0 Å². The number of thiocarbonyl (C=S) groups is 1. The summed E-state index contributed by atoms with van der Waals surface area (Å²) in [6.45, 7) is 4.37. The summed E-state index contributed by atoms with van der Waals surface area (Å²) in [6.07, 6.45) is 17.8. The second-order valence-corrected chi connectivity index (χ2v) is 6.54. The van der Waals surface area contributed by atoms with Crippen LogP contribution in [0.5, 0.6) is 0 Å². The summed E-state index contributed by atoms with van der Waals surface area (Å²) in [5.74, 6) is -0.826. The fourth-order valence-electron chi connectivity index (χ4n) is 2.45. The van der Waals surface area contributed by atoms with Gasteiger partial charge in [0.1, 0.15) is 0 Å². The third-order valence-corrected chi connectivity index (χ3v) is 4.18. The van der Waals surface area contributed by atoms with E-state index in [0.717, 1.165) is 12.8 Å². The van der Waals surface area contributed by atoms with Crippen molar-refractivity contribution in [2.45, 2.75) is 89.9 Å². The maximum atomic E-state index is 10.4. The minimum atomic E-state index is -0.826. The standard InChI is InChI=1S/C19H34O3S/c1-2-3-4-5-6-7-8-9-10-11-12-13-14-17-22-19(23)16-15-18(20)21/h2H,1,3-17H2,(H,20,21). The van der Waals surface area contributed by atoms with Crippen LogP contribution in [0.4, 0.5) is 0 Å². The molecule has 0 amide bonds. The van der Waals surface area contributed by atoms with Gasteiger partial charge in [-0.3, -0.25) is 4.79 Å². The molecule has 0 radical (unpaired) electrons. The van der Waals surface area contributed by atoms with E-state index in [1.54, 1.807) is 0 Å². The molecule has 0 saturated heterocycles. The molecule has 0 aliphatic heterocycles. The molecule has 134 valence electrons. The van der Waals surface area contributed by atoms with Crippen molar-refractivity contribution in [1.29, 1.82) is 0 Å². The first-order chi connectivity index (χ1) is 11.2. The van der Waals surface area contributed by atoms with E-state index in [4.69, 9.17) is 22.1 Å². The van der Waals surface area contributed by atoms with Gasteiger partial charge in [-0.15, -0.1) is 6.58 Å². The molecule has 0 aliphatic carbocycles. The molecule has 0 heterocycles. The van der Waals surface area contributed by atoms with Crippen LogP contribution in [0.25, 0.3) is 0 Å². The van der Waals surface area contributed by atoms with Crippen LogP contribution in [0.3, 0.4) is 0 Å². The van der Waals surface area contributed by atoms with Crippen molar-refractivity contribution < 1.29 is 14.6 Å². The number of ether oxygens (including phenoxy) is 1. The molecule has 0 aromatic rings. The first-order valence-corrected chi connectivity index (χ1v) is 9.56. The zero-order valence-corrected chi connectivity index (χ0v) is 15.4. The first kappa shape index (κ1) is 22.1. The fourth-order valence-corrected chi connectivity index (χ4v) is 2.63. The highest BCUT2D eigenvalue weighted by Crippen LogP contribution is 2.12. The Morgan fingerprint density at radius 2 is 1.35 bits per heavy atom. The van der Waals surface area contributed by atoms with Gasteiger partial charge >= 0.3 is 5.97 Å². The highest BCUT2D eigenvalue weighted by atomic mass is 32.1. The van der Waals surface area contributed by atoms with Crippen LogP contribution in [-0.2, 0) is 9.53 Å². The number of aliphatic carboxylic acids is 1. The molecule has 1 N–H and O–H groups in total. The van der Waals surface area contributed by atoms with Crippen molar-refractivity contribution in [3.63, 3.8) is 0 Å². The number of hydrogen-bond donors (Lipinski definition) is 1. The molecule has 0 spiro atoms. The Morgan fingerprint density at radius 3 is 1.83 bits per heavy atom. The third kappa shape index (κ3) is 19.1. The quantitative estimate of drug-likeness (QED) is 0.198. The summed E-state index contributed by atoms with van der Waals surface area (Å²) >= 11 is 4.98. The van der Waals surface area contributed by atoms with Crippen LogP contribution in [0.15, 0.2) is 12.7 Å². The van der Waals surface area contributed by atoms with Gasteiger partial charge in [-0.2, -0.15) is 0 Å². The van der Waals surface area contributed by atoms with Crippen molar-refractivity contribution in [3.05, 3.63) is 12.7 Å². The number of unbranched alkanes of at least 4 members (excludes halogenated alkanes) is 11. The van der Waals surface area contributed by atoms with Gasteiger partial charge in [-0.05, 0) is 31.5 Å². The summed E-state index contributed by atoms with van der Waals surface area (Å²) < 4.78 is 5.35. The Kier molecular flexibility index (Phi) is 16.8. The monoisotopic (exact) mass is 342 g/mol. The second-order valence-electron chi connectivity index (χ2n) is 6.08. The van der Waals surface area contributed by atoms with E-state index in [2.05, 4.69) is 6.58 Å². The number of hydrogen-bond acceptors (Lipinski definition) is 3. The molecule has 0 atom stereocenters. The molecular formula is C19H34O3S. The molecule has 4 heteroatoms. The molecular weight excluding hydrogens is 308 g/mol. The number of rotatable bonds is 17. The lowest BCUT2D eigenvalue weighted by molar-refractivity contribution is -0.136. The van der Waals surface area contributed by atoms with Crippen molar-refractivity contribution in [1.82, 2.24) is 0 Å². The van der Waals surface area contributed by atoms with E-state index in [1.807, 2.05) is 6.08 Å². The highest BCUT2D eigenvalue weighted by Gasteiger charge is 2.02. The Bertz CT molecular complexity index is 316. The Balaban J connectivity index is 3.11. The minimum Gasteiger partial charge on any atom is -0.487 e. The van der Waals surface area contributed by atoms with E-state index < -0.39 is 5.97 Å². The van der Waals surface area contributed by atoms with Gasteiger partial charge in [0.2, 0.25) is 0 Å². The van der Waals surface area contributed by atoms with E-state index >= 15 is 0 Å². The average molecular weight is 343 g/mol. The number of carbonyl (C=O) groups is 1. The SMILES string of the molecule is C=CCCCCCCCCCCCCCOC(=S)CCC(=O)O. The predicted octanol–water partition coefficient (Wildman–Crippen LogP) is 6.06. The van der Waals surface area contributed by atoms with Gasteiger partial charge in [0.25, 0.3) is 0 Å². The number of carboxylic acids is 1. The highest BCUT2D eigenvalue weighted by molar-refractivity contribution is 7.80. The van der Waals surface area contributed by atoms with E-state index in [0.29, 0.717) is 18.1 Å². The summed E-state index contributed by atoms with van der Waals surface area (Å²) in [5.41, 5.74) is 0. The van der Waals surface area contributed by atoms with Crippen LogP contribution in [-0.4, -0.2) is 22.7 Å². The molecule has 0 aliphatic rings. The first-order valence-electron chi connectivity index (χ1n) is 9.15. The molecule has 0 aromatic heterocycles. The van der Waals surface area contributed by atoms with Crippen LogP contribution < -0.4 is 0 Å². The van der Waals surface area contributed by atoms with Gasteiger partial charge in [0.05, 0.1) is 13.0 Å². The van der Waals surface area contributed by atoms with Gasteiger partial charge < -0.3 is 9.84 Å². The largest absolute Gasteiger partial charge is 0.487 e. The Labute approximate surface area is 147 Å². The van der Waals surface area contributed by atoms with Gasteiger partial charge in [-0.25, -0.2) is 0 Å². The van der Waals surface area contributed by atoms with E-state index in [1.165, 1.54) is 64.2 Å². The van der Waals surface area contributed by atoms with Gasteiger partial charge in [-0.1, -0.05) is 63.9 Å². The molecule has 0 unspecified atom stereocenters. The van der Waals surface area contributed by atoms with Crippen molar-refractivity contribution >= 4 is 23.2 Å². The number of allylic oxidation sites excluding steroid dienone is 1. The van der Waals surface area contributed by atoms with Gasteiger partial charge in [0.15, 0.2) is 5.05 Å². The zero-order chi connectivity index (χ0) is 17.2. The molecule has 0 bridgehead atoms. The predicted molar refractivity (Wildman–Crippen MR) is 101 cm³/mol. The Hall–Kier alpha value is -0.900. The molecule has 23 heavy (non-hydrogen) atoms. The smallest absolute Gasteiger partial charge is 0.303 e. The van der Waals surface area contributed by atoms with Gasteiger partial charge in [0, 0.05) is 6.42 Å². The third-order valence-electron chi connectivity index (χ3n) is 3.86. The lowest BCUT2D eigenvalue weighted by atomic mass is 10.1. The summed E-state index contributed by atoms with van der Waals surface area (Å²) in [4.78, 5) is 10.4. The van der Waals surface area contributed by atoms with Crippen LogP contribution in [0.1, 0.15) is 89.9 Å². The van der Waals surface area contributed by atoms with Crippen molar-refractivity contribution in [2.24, 2.45) is 0 Å². The maximum Gasteiger partial charge on any atom is 0.303 e. The summed E-state index contributed by atoms with van der Waals surface area (Å²) in [5, 5.41) is 8.97. The summed E-state index contributed by atoms with van der Waals surface area (Å²) in [7, 11) is 0. The molecule has 0 saturated carbocycles. The lowest BCUT2D eigenvalue weighted by Crippen LogP contribution is -2.06. The maximum absolute atomic E-state index is 10.4. The fraction of sp³-hybridized carbons (Fsp3) is 0.789. The zero-order valence-electron chi connectivity index (χ0n) is 14.6.